The Kier molecular flexibility index (Phi) is 5.01. The molecule has 3 aliphatic carbocycles. The summed E-state index contributed by atoms with van der Waals surface area (Å²) >= 11 is 0. The fourth-order valence-electron chi connectivity index (χ4n) is 6.77. The van der Waals surface area contributed by atoms with Gasteiger partial charge in [-0.2, -0.15) is 0 Å². The maximum atomic E-state index is 12.8. The van der Waals surface area contributed by atoms with Crippen LogP contribution in [0, 0.1) is 23.7 Å². The summed E-state index contributed by atoms with van der Waals surface area (Å²) in [6.45, 7) is 2.78. The van der Waals surface area contributed by atoms with E-state index in [0.717, 1.165) is 32.4 Å². The second-order valence-corrected chi connectivity index (χ2v) is 9.87. The van der Waals surface area contributed by atoms with Crippen LogP contribution in [-0.2, 0) is 14.4 Å². The van der Waals surface area contributed by atoms with Gasteiger partial charge in [-0.05, 0) is 57.0 Å². The zero-order chi connectivity index (χ0) is 20.0. The number of imide groups is 1. The quantitative estimate of drug-likeness (QED) is 0.568. The third-order valence-electron chi connectivity index (χ3n) is 8.29. The Hall–Kier alpha value is -1.69. The number of nitrogens with one attached hydrogen (secondary N) is 1. The van der Waals surface area contributed by atoms with Gasteiger partial charge in [-0.25, -0.2) is 0 Å². The number of fused-ring (bicyclic) bond motifs is 5. The molecule has 3 amide bonds. The summed E-state index contributed by atoms with van der Waals surface area (Å²) in [5.74, 6) is -0.496. The molecule has 6 nitrogen and oxygen atoms in total. The monoisotopic (exact) mass is 399 g/mol. The van der Waals surface area contributed by atoms with E-state index in [0.29, 0.717) is 6.54 Å². The Morgan fingerprint density at radius 2 is 1.52 bits per heavy atom. The molecule has 4 atom stereocenters. The number of hydrogen-bond donors (Lipinski definition) is 1. The van der Waals surface area contributed by atoms with Gasteiger partial charge in [-0.3, -0.25) is 24.2 Å². The van der Waals surface area contributed by atoms with Crippen molar-refractivity contribution in [2.45, 2.75) is 63.3 Å². The van der Waals surface area contributed by atoms with E-state index in [-0.39, 0.29) is 53.5 Å². The molecule has 0 radical (unpaired) electrons. The van der Waals surface area contributed by atoms with Crippen molar-refractivity contribution in [1.82, 2.24) is 15.1 Å². The number of nitrogens with zero attached hydrogens (tertiary/aromatic N) is 2. The van der Waals surface area contributed by atoms with Crippen molar-refractivity contribution in [2.75, 3.05) is 26.2 Å². The fraction of sp³-hybridized carbons (Fsp3) is 0.783. The Morgan fingerprint density at radius 3 is 2.14 bits per heavy atom. The minimum Gasteiger partial charge on any atom is -0.353 e. The Morgan fingerprint density at radius 1 is 0.931 bits per heavy atom. The first-order valence-electron chi connectivity index (χ1n) is 11.6. The number of piperidine rings is 1. The van der Waals surface area contributed by atoms with E-state index in [4.69, 9.17) is 0 Å². The summed E-state index contributed by atoms with van der Waals surface area (Å²) in [5, 5.41) is 3.12. The van der Waals surface area contributed by atoms with Crippen LogP contribution in [0.15, 0.2) is 12.2 Å². The Balaban J connectivity index is 1.21. The molecule has 6 heteroatoms. The predicted octanol–water partition coefficient (Wildman–Crippen LogP) is 2.10. The molecule has 0 aromatic heterocycles. The Labute approximate surface area is 173 Å². The van der Waals surface area contributed by atoms with Crippen molar-refractivity contribution in [3.05, 3.63) is 12.2 Å². The highest BCUT2D eigenvalue weighted by molar-refractivity contribution is 6.08. The minimum absolute atomic E-state index is 0.0624. The smallest absolute Gasteiger partial charge is 0.240 e. The number of carbonyl (C=O) groups is 3. The standard InChI is InChI=1S/C23H33N3O3/c27-18(14-26-21(28)19-16-7-8-17(13-16)20(19)22(26)29)24-15-23(9-3-1-4-10-23)25-11-5-2-6-12-25/h7-8,16-17,19-20H,1-6,9-15H2,(H,24,27)/t16-,17+,19+,20-. The van der Waals surface area contributed by atoms with Crippen LogP contribution in [-0.4, -0.2) is 59.2 Å². The van der Waals surface area contributed by atoms with Crippen molar-refractivity contribution in [2.24, 2.45) is 23.7 Å². The van der Waals surface area contributed by atoms with Gasteiger partial charge in [0.1, 0.15) is 6.54 Å². The predicted molar refractivity (Wildman–Crippen MR) is 109 cm³/mol. The van der Waals surface area contributed by atoms with Crippen LogP contribution in [0.4, 0.5) is 0 Å². The molecule has 0 unspecified atom stereocenters. The fourth-order valence-corrected chi connectivity index (χ4v) is 6.77. The third-order valence-corrected chi connectivity index (χ3v) is 8.29. The summed E-state index contributed by atoms with van der Waals surface area (Å²) in [6.07, 6.45) is 14.9. The van der Waals surface area contributed by atoms with Gasteiger partial charge in [0.15, 0.2) is 0 Å². The lowest BCUT2D eigenvalue weighted by Gasteiger charge is -2.48. The largest absolute Gasteiger partial charge is 0.353 e. The summed E-state index contributed by atoms with van der Waals surface area (Å²) < 4.78 is 0. The van der Waals surface area contributed by atoms with Crippen molar-refractivity contribution < 1.29 is 14.4 Å². The first-order valence-corrected chi connectivity index (χ1v) is 11.6. The van der Waals surface area contributed by atoms with E-state index in [1.807, 2.05) is 0 Å². The van der Waals surface area contributed by atoms with Crippen molar-refractivity contribution in [1.29, 1.82) is 0 Å². The van der Waals surface area contributed by atoms with E-state index < -0.39 is 0 Å². The SMILES string of the molecule is O=C(CN1C(=O)[C@@H]2[C@H](C1=O)[C@H]1C=C[C@@H]2C1)NCC1(N2CCCCC2)CCCCC1. The van der Waals surface area contributed by atoms with Gasteiger partial charge in [0, 0.05) is 12.1 Å². The highest BCUT2D eigenvalue weighted by Crippen LogP contribution is 2.52. The van der Waals surface area contributed by atoms with Gasteiger partial charge in [0.2, 0.25) is 17.7 Å². The van der Waals surface area contributed by atoms with E-state index in [1.54, 1.807) is 0 Å². The first kappa shape index (κ1) is 19.3. The van der Waals surface area contributed by atoms with E-state index in [1.165, 1.54) is 43.4 Å². The number of allylic oxidation sites excluding steroid dienone is 2. The molecule has 2 heterocycles. The molecule has 4 fully saturated rings. The first-order chi connectivity index (χ1) is 14.1. The van der Waals surface area contributed by atoms with E-state index in [2.05, 4.69) is 22.4 Å². The molecule has 1 N–H and O–H groups in total. The molecule has 0 aromatic rings. The van der Waals surface area contributed by atoms with Gasteiger partial charge in [0.05, 0.1) is 11.8 Å². The number of hydrogen-bond acceptors (Lipinski definition) is 4. The maximum Gasteiger partial charge on any atom is 0.240 e. The minimum atomic E-state index is -0.219. The lowest BCUT2D eigenvalue weighted by atomic mass is 9.79. The molecule has 2 saturated heterocycles. The average Bonchev–Trinajstić information content (AvgIpc) is 3.44. The lowest BCUT2D eigenvalue weighted by Crippen LogP contribution is -2.58. The number of amides is 3. The second kappa shape index (κ2) is 7.53. The van der Waals surface area contributed by atoms with Crippen LogP contribution < -0.4 is 5.32 Å². The van der Waals surface area contributed by atoms with Crippen LogP contribution in [0.3, 0.4) is 0 Å². The zero-order valence-electron chi connectivity index (χ0n) is 17.3. The van der Waals surface area contributed by atoms with Gasteiger partial charge in [0.25, 0.3) is 0 Å². The highest BCUT2D eigenvalue weighted by Gasteiger charge is 2.59. The molecular formula is C23H33N3O3. The summed E-state index contributed by atoms with van der Waals surface area (Å²) in [7, 11) is 0. The van der Waals surface area contributed by atoms with Crippen LogP contribution in [0.1, 0.15) is 57.8 Å². The molecule has 158 valence electrons. The van der Waals surface area contributed by atoms with Crippen LogP contribution >= 0.6 is 0 Å². The number of rotatable bonds is 5. The number of likely N-dealkylation sites (tertiary alicyclic amines) is 2. The molecule has 0 spiro atoms. The maximum absolute atomic E-state index is 12.8. The molecular weight excluding hydrogens is 366 g/mol. The van der Waals surface area contributed by atoms with E-state index in [9.17, 15) is 14.4 Å². The average molecular weight is 400 g/mol. The number of carbonyl (C=O) groups excluding carboxylic acids is 3. The Bertz CT molecular complexity index is 691. The van der Waals surface area contributed by atoms with Crippen molar-refractivity contribution >= 4 is 17.7 Å². The molecule has 2 saturated carbocycles. The lowest BCUT2D eigenvalue weighted by molar-refractivity contribution is -0.144. The zero-order valence-corrected chi connectivity index (χ0v) is 17.3. The molecule has 2 bridgehead atoms. The van der Waals surface area contributed by atoms with Crippen molar-refractivity contribution in [3.8, 4) is 0 Å². The normalized spacial score (nSPS) is 35.9. The topological polar surface area (TPSA) is 69.7 Å². The third kappa shape index (κ3) is 3.24. The van der Waals surface area contributed by atoms with Gasteiger partial charge >= 0.3 is 0 Å². The summed E-state index contributed by atoms with van der Waals surface area (Å²) in [4.78, 5) is 42.3. The summed E-state index contributed by atoms with van der Waals surface area (Å²) in [5.41, 5.74) is 0.0624. The van der Waals surface area contributed by atoms with Gasteiger partial charge in [-0.15, -0.1) is 0 Å². The van der Waals surface area contributed by atoms with Gasteiger partial charge < -0.3 is 5.32 Å². The van der Waals surface area contributed by atoms with Gasteiger partial charge in [-0.1, -0.05) is 37.8 Å². The van der Waals surface area contributed by atoms with Crippen molar-refractivity contribution in [3.63, 3.8) is 0 Å². The molecule has 29 heavy (non-hydrogen) atoms. The van der Waals surface area contributed by atoms with Crippen LogP contribution in [0.2, 0.25) is 0 Å². The summed E-state index contributed by atoms with van der Waals surface area (Å²) in [6, 6.07) is 0. The molecule has 0 aromatic carbocycles. The van der Waals surface area contributed by atoms with E-state index >= 15 is 0 Å². The van der Waals surface area contributed by atoms with Crippen LogP contribution in [0.5, 0.6) is 0 Å². The molecule has 5 rings (SSSR count). The van der Waals surface area contributed by atoms with Crippen LogP contribution in [0.25, 0.3) is 0 Å². The molecule has 5 aliphatic rings. The highest BCUT2D eigenvalue weighted by atomic mass is 16.2. The second-order valence-electron chi connectivity index (χ2n) is 9.87. The molecule has 2 aliphatic heterocycles.